The van der Waals surface area contributed by atoms with E-state index in [4.69, 9.17) is 0 Å². The fourth-order valence-corrected chi connectivity index (χ4v) is 2.47. The lowest BCUT2D eigenvalue weighted by molar-refractivity contribution is 0.0952. The predicted octanol–water partition coefficient (Wildman–Crippen LogP) is 1.01. The Morgan fingerprint density at radius 3 is 2.46 bits per heavy atom. The summed E-state index contributed by atoms with van der Waals surface area (Å²) in [6, 6.07) is 12.5. The molecule has 2 aromatic carbocycles. The number of phenols is 1. The topological polar surface area (TPSA) is 137 Å². The van der Waals surface area contributed by atoms with Crippen molar-refractivity contribution in [2.24, 2.45) is 5.10 Å². The lowest BCUT2D eigenvalue weighted by atomic mass is 10.2. The molecule has 1 amide bonds. The fourth-order valence-electron chi connectivity index (χ4n) is 2.47. The van der Waals surface area contributed by atoms with Crippen LogP contribution in [0.2, 0.25) is 0 Å². The molecule has 0 bridgehead atoms. The van der Waals surface area contributed by atoms with Crippen molar-refractivity contribution in [3.8, 4) is 17.3 Å². The van der Waals surface area contributed by atoms with E-state index in [0.29, 0.717) is 5.69 Å². The fraction of sp³-hybridized carbons (Fsp3) is 0.0526. The Bertz CT molecular complexity index is 1180. The van der Waals surface area contributed by atoms with Crippen molar-refractivity contribution in [2.45, 2.75) is 6.92 Å². The molecule has 0 radical (unpaired) electrons. The van der Waals surface area contributed by atoms with Crippen molar-refractivity contribution in [3.05, 3.63) is 86.1 Å². The first-order valence-electron chi connectivity index (χ1n) is 8.15. The van der Waals surface area contributed by atoms with Gasteiger partial charge in [0, 0.05) is 0 Å². The number of H-pyrrole nitrogens is 1. The summed E-state index contributed by atoms with van der Waals surface area (Å²) < 4.78 is 0.910. The minimum Gasteiger partial charge on any atom is -0.507 e. The van der Waals surface area contributed by atoms with Gasteiger partial charge in [0.2, 0.25) is 5.88 Å². The number of hydrogen-bond donors (Lipinski definition) is 4. The summed E-state index contributed by atoms with van der Waals surface area (Å²) in [5, 5.41) is 23.7. The monoisotopic (exact) mass is 380 g/mol. The van der Waals surface area contributed by atoms with Crippen LogP contribution < -0.4 is 16.7 Å². The maximum Gasteiger partial charge on any atom is 0.335 e. The van der Waals surface area contributed by atoms with E-state index in [0.717, 1.165) is 16.3 Å². The maximum absolute atomic E-state index is 12.1. The van der Waals surface area contributed by atoms with Gasteiger partial charge in [-0.2, -0.15) is 5.10 Å². The Morgan fingerprint density at radius 1 is 1.11 bits per heavy atom. The Kier molecular flexibility index (Phi) is 5.07. The molecule has 0 fully saturated rings. The zero-order valence-electron chi connectivity index (χ0n) is 14.7. The molecule has 0 aliphatic carbocycles. The standard InChI is InChI=1S/C19H16N4O5/c1-11-6-8-12(9-7-11)23-18(27)14(16(25)21-19(23)28)10-20-22-17(26)13-4-2-3-5-15(13)24/h2-10,24,27H,1H3,(H,22,26)(H,21,25,28)/b20-10-. The molecular formula is C19H16N4O5. The van der Waals surface area contributed by atoms with Crippen molar-refractivity contribution in [1.82, 2.24) is 15.0 Å². The number of nitrogens with zero attached hydrogens (tertiary/aromatic N) is 2. The van der Waals surface area contributed by atoms with E-state index in [1.54, 1.807) is 36.4 Å². The number of hydrazone groups is 1. The number of carbonyl (C=O) groups excluding carboxylic acids is 1. The summed E-state index contributed by atoms with van der Waals surface area (Å²) in [7, 11) is 0. The lowest BCUT2D eigenvalue weighted by Gasteiger charge is -2.09. The maximum atomic E-state index is 12.1. The molecule has 0 aliphatic rings. The number of phenolic OH excluding ortho intramolecular Hbond substituents is 1. The van der Waals surface area contributed by atoms with Crippen LogP contribution in [0.15, 0.2) is 63.2 Å². The van der Waals surface area contributed by atoms with E-state index >= 15 is 0 Å². The zero-order chi connectivity index (χ0) is 20.3. The molecule has 1 heterocycles. The molecular weight excluding hydrogens is 364 g/mol. The Labute approximate surface area is 158 Å². The van der Waals surface area contributed by atoms with E-state index in [-0.39, 0.29) is 16.9 Å². The Balaban J connectivity index is 1.93. The van der Waals surface area contributed by atoms with Gasteiger partial charge in [0.1, 0.15) is 11.3 Å². The molecule has 0 aliphatic heterocycles. The number of amides is 1. The van der Waals surface area contributed by atoms with Gasteiger partial charge in [-0.3, -0.25) is 14.6 Å². The van der Waals surface area contributed by atoms with E-state index in [1.165, 1.54) is 12.1 Å². The third-order valence-corrected chi connectivity index (χ3v) is 3.92. The summed E-state index contributed by atoms with van der Waals surface area (Å²) in [5.41, 5.74) is 1.42. The van der Waals surface area contributed by atoms with Gasteiger partial charge in [-0.25, -0.2) is 14.8 Å². The van der Waals surface area contributed by atoms with Crippen molar-refractivity contribution >= 4 is 12.1 Å². The van der Waals surface area contributed by atoms with Crippen LogP contribution in [0.4, 0.5) is 0 Å². The van der Waals surface area contributed by atoms with E-state index < -0.39 is 23.0 Å². The molecule has 9 heteroatoms. The molecule has 9 nitrogen and oxygen atoms in total. The van der Waals surface area contributed by atoms with E-state index in [2.05, 4.69) is 15.5 Å². The van der Waals surface area contributed by atoms with Gasteiger partial charge in [0.15, 0.2) is 0 Å². The van der Waals surface area contributed by atoms with Crippen molar-refractivity contribution in [3.63, 3.8) is 0 Å². The summed E-state index contributed by atoms with van der Waals surface area (Å²) in [5.74, 6) is -1.57. The van der Waals surface area contributed by atoms with Crippen molar-refractivity contribution in [2.75, 3.05) is 0 Å². The highest BCUT2D eigenvalue weighted by molar-refractivity contribution is 5.97. The number of carbonyl (C=O) groups is 1. The summed E-state index contributed by atoms with van der Waals surface area (Å²) >= 11 is 0. The van der Waals surface area contributed by atoms with Crippen LogP contribution >= 0.6 is 0 Å². The number of aromatic amines is 1. The quantitative estimate of drug-likeness (QED) is 0.395. The molecule has 142 valence electrons. The molecule has 4 N–H and O–H groups in total. The highest BCUT2D eigenvalue weighted by atomic mass is 16.3. The number of aromatic hydroxyl groups is 2. The van der Waals surface area contributed by atoms with Crippen LogP contribution in [-0.4, -0.2) is 31.9 Å². The average Bonchev–Trinajstić information content (AvgIpc) is 2.66. The molecule has 1 aromatic heterocycles. The Morgan fingerprint density at radius 2 is 1.79 bits per heavy atom. The smallest absolute Gasteiger partial charge is 0.335 e. The van der Waals surface area contributed by atoms with Crippen LogP contribution in [0.3, 0.4) is 0 Å². The van der Waals surface area contributed by atoms with Gasteiger partial charge in [0.05, 0.1) is 17.5 Å². The summed E-state index contributed by atoms with van der Waals surface area (Å²) in [6.07, 6.45) is 0.913. The number of aryl methyl sites for hydroxylation is 1. The first-order valence-corrected chi connectivity index (χ1v) is 8.15. The van der Waals surface area contributed by atoms with Gasteiger partial charge in [-0.15, -0.1) is 0 Å². The number of hydrogen-bond acceptors (Lipinski definition) is 6. The average molecular weight is 380 g/mol. The van der Waals surface area contributed by atoms with Crippen molar-refractivity contribution < 1.29 is 15.0 Å². The Hall–Kier alpha value is -4.14. The number of nitrogens with one attached hydrogen (secondary N) is 2. The lowest BCUT2D eigenvalue weighted by Crippen LogP contribution is -2.31. The second-order valence-corrected chi connectivity index (χ2v) is 5.88. The third-order valence-electron chi connectivity index (χ3n) is 3.92. The van der Waals surface area contributed by atoms with Gasteiger partial charge < -0.3 is 10.2 Å². The van der Waals surface area contributed by atoms with Crippen molar-refractivity contribution in [1.29, 1.82) is 0 Å². The van der Waals surface area contributed by atoms with Crippen LogP contribution in [0, 0.1) is 6.92 Å². The molecule has 3 aromatic rings. The van der Waals surface area contributed by atoms with Gasteiger partial charge in [-0.05, 0) is 31.2 Å². The van der Waals surface area contributed by atoms with Gasteiger partial charge >= 0.3 is 5.69 Å². The van der Waals surface area contributed by atoms with Crippen LogP contribution in [-0.2, 0) is 0 Å². The molecule has 0 saturated carbocycles. The zero-order valence-corrected chi connectivity index (χ0v) is 14.7. The number of para-hydroxylation sites is 1. The second kappa shape index (κ2) is 7.62. The number of benzene rings is 2. The molecule has 28 heavy (non-hydrogen) atoms. The number of aromatic nitrogens is 2. The molecule has 0 spiro atoms. The minimum absolute atomic E-state index is 0.0117. The molecule has 0 atom stereocenters. The summed E-state index contributed by atoms with van der Waals surface area (Å²) in [6.45, 7) is 1.87. The number of rotatable bonds is 4. The minimum atomic E-state index is -0.869. The van der Waals surface area contributed by atoms with Crippen LogP contribution in [0.1, 0.15) is 21.5 Å². The first-order chi connectivity index (χ1) is 13.4. The normalized spacial score (nSPS) is 10.9. The van der Waals surface area contributed by atoms with Crippen LogP contribution in [0.5, 0.6) is 11.6 Å². The highest BCUT2D eigenvalue weighted by Crippen LogP contribution is 2.16. The second-order valence-electron chi connectivity index (χ2n) is 5.88. The molecule has 0 saturated heterocycles. The highest BCUT2D eigenvalue weighted by Gasteiger charge is 2.14. The molecule has 0 unspecified atom stereocenters. The first kappa shape index (κ1) is 18.6. The predicted molar refractivity (Wildman–Crippen MR) is 102 cm³/mol. The van der Waals surface area contributed by atoms with E-state index in [9.17, 15) is 24.6 Å². The van der Waals surface area contributed by atoms with E-state index in [1.807, 2.05) is 6.92 Å². The third kappa shape index (κ3) is 3.68. The summed E-state index contributed by atoms with van der Waals surface area (Å²) in [4.78, 5) is 38.2. The van der Waals surface area contributed by atoms with Gasteiger partial charge in [-0.1, -0.05) is 29.8 Å². The SMILES string of the molecule is Cc1ccc(-n2c(O)c(/C=N\NC(=O)c3ccccc3O)c(=O)[nH]c2=O)cc1. The van der Waals surface area contributed by atoms with Gasteiger partial charge in [0.25, 0.3) is 11.5 Å². The largest absolute Gasteiger partial charge is 0.507 e. The molecule has 3 rings (SSSR count). The van der Waals surface area contributed by atoms with Crippen LogP contribution in [0.25, 0.3) is 5.69 Å².